The Morgan fingerprint density at radius 2 is 0.750 bits per heavy atom. The minimum atomic E-state index is -0.549. The summed E-state index contributed by atoms with van der Waals surface area (Å²) in [5, 5.41) is 0. The predicted molar refractivity (Wildman–Crippen MR) is 261 cm³/mol. The first-order valence-electron chi connectivity index (χ1n) is 25.8. The third-order valence-electron chi connectivity index (χ3n) is 11.0. The van der Waals surface area contributed by atoms with E-state index in [2.05, 4.69) is 81.5 Å². The van der Waals surface area contributed by atoms with Gasteiger partial charge in [-0.3, -0.25) is 9.59 Å². The maximum Gasteiger partial charge on any atom is 0.306 e. The van der Waals surface area contributed by atoms with Gasteiger partial charge in [0.25, 0.3) is 0 Å². The fourth-order valence-electron chi connectivity index (χ4n) is 7.20. The van der Waals surface area contributed by atoms with Crippen LogP contribution in [0.2, 0.25) is 0 Å². The van der Waals surface area contributed by atoms with Crippen molar-refractivity contribution in [1.82, 2.24) is 0 Å². The van der Waals surface area contributed by atoms with Crippen LogP contribution in [0.1, 0.15) is 252 Å². The summed E-state index contributed by atoms with van der Waals surface area (Å²) in [6.07, 6.45) is 63.7. The summed E-state index contributed by atoms with van der Waals surface area (Å²) in [7, 11) is 0. The van der Waals surface area contributed by atoms with Crippen LogP contribution in [0.3, 0.4) is 0 Å². The fraction of sp³-hybridized carbons (Fsp3) is 0.782. The Hall–Kier alpha value is -2.40. The number of rotatable bonds is 47. The summed E-state index contributed by atoms with van der Waals surface area (Å²) in [5.41, 5.74) is 0. The molecule has 0 fully saturated rings. The van der Waals surface area contributed by atoms with E-state index in [1.807, 2.05) is 0 Å². The highest BCUT2D eigenvalue weighted by atomic mass is 16.6. The molecule has 0 rings (SSSR count). The molecule has 5 heteroatoms. The lowest BCUT2D eigenvalue weighted by atomic mass is 10.0. The number of carbonyl (C=O) groups is 2. The summed E-state index contributed by atoms with van der Waals surface area (Å²) in [4.78, 5) is 25.4. The molecular weight excluding hydrogens is 741 g/mol. The van der Waals surface area contributed by atoms with Crippen LogP contribution in [-0.2, 0) is 23.8 Å². The van der Waals surface area contributed by atoms with Crippen molar-refractivity contribution in [2.24, 2.45) is 0 Å². The minimum Gasteiger partial charge on any atom is -0.462 e. The number of hydrogen-bond donors (Lipinski definition) is 0. The molecule has 0 amide bonds. The molecule has 0 bridgehead atoms. The van der Waals surface area contributed by atoms with Crippen LogP contribution in [0.15, 0.2) is 60.8 Å². The van der Waals surface area contributed by atoms with Crippen molar-refractivity contribution in [3.63, 3.8) is 0 Å². The SMILES string of the molecule is CC/C=C\C/C=C\C/C=C\CCCCCCOCC(COC(=O)CCCCCCCCC/C=C\C/C=C\CCCCC)OC(=O)CCCCCCCCCCCCCCC. The highest BCUT2D eigenvalue weighted by Gasteiger charge is 2.17. The van der Waals surface area contributed by atoms with Gasteiger partial charge in [0.1, 0.15) is 6.61 Å². The van der Waals surface area contributed by atoms with Crippen LogP contribution in [0.5, 0.6) is 0 Å². The quantitative estimate of drug-likeness (QED) is 0.0347. The second-order valence-corrected chi connectivity index (χ2v) is 17.0. The van der Waals surface area contributed by atoms with E-state index in [9.17, 15) is 9.59 Å². The van der Waals surface area contributed by atoms with Gasteiger partial charge in [-0.15, -0.1) is 0 Å². The molecule has 0 aromatic rings. The Bertz CT molecular complexity index is 1040. The zero-order chi connectivity index (χ0) is 43.5. The van der Waals surface area contributed by atoms with Gasteiger partial charge in [0, 0.05) is 19.4 Å². The molecule has 0 aromatic carbocycles. The molecule has 0 aliphatic carbocycles. The average Bonchev–Trinajstić information content (AvgIpc) is 3.25. The summed E-state index contributed by atoms with van der Waals surface area (Å²) in [5.74, 6) is -0.412. The molecule has 0 aliphatic rings. The standard InChI is InChI=1S/C55H98O5/c1-4-7-10-13-16-19-22-25-27-28-29-31-33-36-39-42-45-48-54(56)59-52-53(51-58-50-47-44-41-38-35-32-26-23-20-17-14-11-8-5-2)60-55(57)49-46-43-40-37-34-30-24-21-18-15-12-9-6-3/h8,11,16-17,19-20,25-27,32,53H,4-7,9-10,12-15,18,21-24,28-31,33-52H2,1-3H3/b11-8-,19-16-,20-17-,27-25-,32-26-. The number of allylic oxidation sites excluding steroid dienone is 10. The van der Waals surface area contributed by atoms with E-state index in [0.717, 1.165) is 77.0 Å². The van der Waals surface area contributed by atoms with Gasteiger partial charge in [0.15, 0.2) is 6.10 Å². The third-order valence-corrected chi connectivity index (χ3v) is 11.0. The Balaban J connectivity index is 4.29. The normalized spacial score (nSPS) is 12.7. The molecule has 0 saturated heterocycles. The van der Waals surface area contributed by atoms with Crippen LogP contribution in [0.25, 0.3) is 0 Å². The molecule has 60 heavy (non-hydrogen) atoms. The summed E-state index contributed by atoms with van der Waals surface area (Å²) in [6, 6.07) is 0. The molecule has 0 N–H and O–H groups in total. The topological polar surface area (TPSA) is 61.8 Å². The lowest BCUT2D eigenvalue weighted by molar-refractivity contribution is -0.163. The molecule has 1 unspecified atom stereocenters. The molecule has 0 aliphatic heterocycles. The molecule has 0 spiro atoms. The number of esters is 2. The highest BCUT2D eigenvalue weighted by Crippen LogP contribution is 2.15. The van der Waals surface area contributed by atoms with Gasteiger partial charge < -0.3 is 14.2 Å². The van der Waals surface area contributed by atoms with E-state index in [1.165, 1.54) is 141 Å². The first-order valence-corrected chi connectivity index (χ1v) is 25.8. The predicted octanol–water partition coefficient (Wildman–Crippen LogP) is 17.3. The lowest BCUT2D eigenvalue weighted by Gasteiger charge is -2.18. The van der Waals surface area contributed by atoms with Crippen molar-refractivity contribution in [3.05, 3.63) is 60.8 Å². The molecular formula is C55H98O5. The number of hydrogen-bond acceptors (Lipinski definition) is 5. The van der Waals surface area contributed by atoms with E-state index < -0.39 is 6.10 Å². The first-order chi connectivity index (χ1) is 29.6. The highest BCUT2D eigenvalue weighted by molar-refractivity contribution is 5.70. The van der Waals surface area contributed by atoms with Gasteiger partial charge in [0.2, 0.25) is 0 Å². The van der Waals surface area contributed by atoms with E-state index in [4.69, 9.17) is 14.2 Å². The Labute approximate surface area is 373 Å². The molecule has 0 saturated carbocycles. The monoisotopic (exact) mass is 839 g/mol. The zero-order valence-electron chi connectivity index (χ0n) is 40.0. The first kappa shape index (κ1) is 57.6. The molecule has 0 aromatic heterocycles. The lowest BCUT2D eigenvalue weighted by Crippen LogP contribution is -2.30. The summed E-state index contributed by atoms with van der Waals surface area (Å²) < 4.78 is 17.4. The van der Waals surface area contributed by atoms with Crippen LogP contribution >= 0.6 is 0 Å². The van der Waals surface area contributed by atoms with Crippen molar-refractivity contribution in [2.75, 3.05) is 19.8 Å². The number of carbonyl (C=O) groups excluding carboxylic acids is 2. The Kier molecular flexibility index (Phi) is 48.9. The average molecular weight is 839 g/mol. The zero-order valence-corrected chi connectivity index (χ0v) is 40.0. The van der Waals surface area contributed by atoms with Crippen LogP contribution in [0.4, 0.5) is 0 Å². The largest absolute Gasteiger partial charge is 0.462 e. The van der Waals surface area contributed by atoms with Crippen molar-refractivity contribution in [3.8, 4) is 0 Å². The van der Waals surface area contributed by atoms with Crippen LogP contribution in [0, 0.1) is 0 Å². The van der Waals surface area contributed by atoms with Crippen molar-refractivity contribution in [2.45, 2.75) is 258 Å². The fourth-order valence-corrected chi connectivity index (χ4v) is 7.20. The molecule has 0 heterocycles. The summed E-state index contributed by atoms with van der Waals surface area (Å²) >= 11 is 0. The third kappa shape index (κ3) is 48.3. The molecule has 1 atom stereocenters. The number of unbranched alkanes of at least 4 members (excludes halogenated alkanes) is 26. The smallest absolute Gasteiger partial charge is 0.306 e. The van der Waals surface area contributed by atoms with E-state index in [0.29, 0.717) is 19.4 Å². The van der Waals surface area contributed by atoms with Crippen molar-refractivity contribution in [1.29, 1.82) is 0 Å². The summed E-state index contributed by atoms with van der Waals surface area (Å²) in [6.45, 7) is 7.66. The van der Waals surface area contributed by atoms with Crippen molar-refractivity contribution >= 4 is 11.9 Å². The van der Waals surface area contributed by atoms with E-state index in [-0.39, 0.29) is 25.2 Å². The van der Waals surface area contributed by atoms with E-state index in [1.54, 1.807) is 0 Å². The maximum absolute atomic E-state index is 12.8. The van der Waals surface area contributed by atoms with Crippen LogP contribution < -0.4 is 0 Å². The number of ether oxygens (including phenoxy) is 3. The van der Waals surface area contributed by atoms with Gasteiger partial charge in [0.05, 0.1) is 6.61 Å². The van der Waals surface area contributed by atoms with Gasteiger partial charge in [-0.05, 0) is 83.5 Å². The van der Waals surface area contributed by atoms with Gasteiger partial charge >= 0.3 is 11.9 Å². The maximum atomic E-state index is 12.8. The van der Waals surface area contributed by atoms with Gasteiger partial charge in [-0.1, -0.05) is 216 Å². The molecule has 0 radical (unpaired) electrons. The van der Waals surface area contributed by atoms with Gasteiger partial charge in [-0.2, -0.15) is 0 Å². The van der Waals surface area contributed by atoms with E-state index >= 15 is 0 Å². The van der Waals surface area contributed by atoms with Crippen LogP contribution in [-0.4, -0.2) is 37.9 Å². The Morgan fingerprint density at radius 3 is 1.23 bits per heavy atom. The second kappa shape index (κ2) is 51.0. The minimum absolute atomic E-state index is 0.0732. The Morgan fingerprint density at radius 1 is 0.383 bits per heavy atom. The second-order valence-electron chi connectivity index (χ2n) is 17.0. The molecule has 5 nitrogen and oxygen atoms in total. The van der Waals surface area contributed by atoms with Crippen molar-refractivity contribution < 1.29 is 23.8 Å². The van der Waals surface area contributed by atoms with Gasteiger partial charge in [-0.25, -0.2) is 0 Å². The molecule has 348 valence electrons.